The fourth-order valence-electron chi connectivity index (χ4n) is 1.05. The number of hydrogen-bond acceptors (Lipinski definition) is 3. The van der Waals surface area contributed by atoms with E-state index < -0.39 is 22.4 Å². The summed E-state index contributed by atoms with van der Waals surface area (Å²) in [5.74, 6) is -0.210. The van der Waals surface area contributed by atoms with Crippen molar-refractivity contribution in [1.82, 2.24) is 0 Å². The molecule has 0 aliphatic carbocycles. The number of halogens is 3. The lowest BCUT2D eigenvalue weighted by Crippen LogP contribution is -2.15. The molecule has 2 N–H and O–H groups in total. The molecule has 0 aromatic rings. The number of alkyl halides is 3. The minimum atomic E-state index is -4.19. The monoisotopic (exact) mass is 247 g/mol. The summed E-state index contributed by atoms with van der Waals surface area (Å²) >= 11 is 0. The second-order valence-electron chi connectivity index (χ2n) is 3.37. The molecule has 0 amide bonds. The summed E-state index contributed by atoms with van der Waals surface area (Å²) in [6.07, 6.45) is -4.82. The van der Waals surface area contributed by atoms with Gasteiger partial charge in [0.1, 0.15) is 9.84 Å². The van der Waals surface area contributed by atoms with Crippen molar-refractivity contribution in [1.29, 1.82) is 0 Å². The zero-order valence-electron chi connectivity index (χ0n) is 8.39. The average Bonchev–Trinajstić information content (AvgIpc) is 2.08. The fraction of sp³-hybridized carbons (Fsp3) is 1.00. The van der Waals surface area contributed by atoms with Crippen molar-refractivity contribution in [2.45, 2.75) is 31.9 Å². The highest BCUT2D eigenvalue weighted by Crippen LogP contribution is 2.22. The smallest absolute Gasteiger partial charge is 0.330 e. The van der Waals surface area contributed by atoms with Gasteiger partial charge in [0.2, 0.25) is 0 Å². The first-order valence-electron chi connectivity index (χ1n) is 4.74. The molecule has 92 valence electrons. The Bertz CT molecular complexity index is 262. The van der Waals surface area contributed by atoms with E-state index in [1.807, 2.05) is 0 Å². The Morgan fingerprint density at radius 2 is 1.53 bits per heavy atom. The first-order valence-corrected chi connectivity index (χ1v) is 6.56. The van der Waals surface area contributed by atoms with Gasteiger partial charge >= 0.3 is 6.18 Å². The SMILES string of the molecule is NCCCS(=O)(=O)CCCCC(F)(F)F. The predicted octanol–water partition coefficient (Wildman–Crippen LogP) is 1.48. The van der Waals surface area contributed by atoms with Crippen LogP contribution in [0.3, 0.4) is 0 Å². The van der Waals surface area contributed by atoms with Gasteiger partial charge in [0, 0.05) is 6.42 Å². The lowest BCUT2D eigenvalue weighted by Gasteiger charge is -2.06. The molecule has 0 saturated heterocycles. The van der Waals surface area contributed by atoms with Crippen LogP contribution in [-0.4, -0.2) is 32.6 Å². The summed E-state index contributed by atoms with van der Waals surface area (Å²) in [5.41, 5.74) is 5.13. The van der Waals surface area contributed by atoms with Crippen molar-refractivity contribution in [3.63, 3.8) is 0 Å². The van der Waals surface area contributed by atoms with Gasteiger partial charge in [-0.3, -0.25) is 0 Å². The highest BCUT2D eigenvalue weighted by atomic mass is 32.2. The van der Waals surface area contributed by atoms with Gasteiger partial charge in [-0.25, -0.2) is 8.42 Å². The number of nitrogens with two attached hydrogens (primary N) is 1. The normalized spacial score (nSPS) is 13.1. The highest BCUT2D eigenvalue weighted by molar-refractivity contribution is 7.91. The quantitative estimate of drug-likeness (QED) is 0.693. The Balaban J connectivity index is 3.67. The molecule has 0 unspecified atom stereocenters. The van der Waals surface area contributed by atoms with E-state index in [0.717, 1.165) is 0 Å². The summed E-state index contributed by atoms with van der Waals surface area (Å²) in [6.45, 7) is 0.280. The second-order valence-corrected chi connectivity index (χ2v) is 5.67. The van der Waals surface area contributed by atoms with Crippen molar-refractivity contribution in [2.24, 2.45) is 5.73 Å². The molecule has 0 aromatic heterocycles. The van der Waals surface area contributed by atoms with Gasteiger partial charge in [-0.2, -0.15) is 13.2 Å². The highest BCUT2D eigenvalue weighted by Gasteiger charge is 2.26. The minimum absolute atomic E-state index is 0.0322. The molecular formula is C8H16F3NO2S. The molecule has 0 aliphatic rings. The molecule has 0 rings (SSSR count). The first-order chi connectivity index (χ1) is 6.77. The van der Waals surface area contributed by atoms with Gasteiger partial charge in [0.25, 0.3) is 0 Å². The summed E-state index contributed by atoms with van der Waals surface area (Å²) in [6, 6.07) is 0. The average molecular weight is 247 g/mol. The van der Waals surface area contributed by atoms with Gasteiger partial charge in [0.15, 0.2) is 0 Å². The molecule has 0 bridgehead atoms. The third-order valence-electron chi connectivity index (χ3n) is 1.83. The van der Waals surface area contributed by atoms with E-state index in [1.165, 1.54) is 0 Å². The molecule has 0 heterocycles. The Hall–Kier alpha value is -0.300. The maximum absolute atomic E-state index is 11.7. The van der Waals surface area contributed by atoms with Crippen molar-refractivity contribution >= 4 is 9.84 Å². The molecule has 15 heavy (non-hydrogen) atoms. The standard InChI is InChI=1S/C8H16F3NO2S/c9-8(10,11)4-1-2-6-15(13,14)7-3-5-12/h1-7,12H2. The van der Waals surface area contributed by atoms with Crippen LogP contribution in [0, 0.1) is 0 Å². The van der Waals surface area contributed by atoms with E-state index in [-0.39, 0.29) is 30.9 Å². The van der Waals surface area contributed by atoms with Gasteiger partial charge < -0.3 is 5.73 Å². The zero-order valence-corrected chi connectivity index (χ0v) is 9.20. The third kappa shape index (κ3) is 9.99. The number of hydrogen-bond donors (Lipinski definition) is 1. The van der Waals surface area contributed by atoms with Crippen LogP contribution in [0.5, 0.6) is 0 Å². The number of unbranched alkanes of at least 4 members (excludes halogenated alkanes) is 1. The van der Waals surface area contributed by atoms with Crippen LogP contribution in [0.4, 0.5) is 13.2 Å². The maximum atomic E-state index is 11.7. The van der Waals surface area contributed by atoms with E-state index in [9.17, 15) is 21.6 Å². The topological polar surface area (TPSA) is 60.2 Å². The summed E-state index contributed by atoms with van der Waals surface area (Å²) < 4.78 is 57.5. The summed E-state index contributed by atoms with van der Waals surface area (Å²) in [5, 5.41) is 0. The van der Waals surface area contributed by atoms with Crippen LogP contribution >= 0.6 is 0 Å². The van der Waals surface area contributed by atoms with Crippen LogP contribution in [-0.2, 0) is 9.84 Å². The molecule has 0 saturated carbocycles. The third-order valence-corrected chi connectivity index (χ3v) is 3.65. The molecule has 0 fully saturated rings. The van der Waals surface area contributed by atoms with Gasteiger partial charge in [0.05, 0.1) is 11.5 Å². The molecule has 0 aromatic carbocycles. The lowest BCUT2D eigenvalue weighted by molar-refractivity contribution is -0.135. The van der Waals surface area contributed by atoms with Crippen molar-refractivity contribution in [3.05, 3.63) is 0 Å². The van der Waals surface area contributed by atoms with E-state index in [4.69, 9.17) is 5.73 Å². The number of sulfone groups is 1. The molecule has 0 radical (unpaired) electrons. The largest absolute Gasteiger partial charge is 0.389 e. The number of rotatable bonds is 7. The Morgan fingerprint density at radius 1 is 1.00 bits per heavy atom. The Morgan fingerprint density at radius 3 is 2.00 bits per heavy atom. The minimum Gasteiger partial charge on any atom is -0.330 e. The zero-order chi connectivity index (χ0) is 11.9. The van der Waals surface area contributed by atoms with Crippen LogP contribution in [0.2, 0.25) is 0 Å². The maximum Gasteiger partial charge on any atom is 0.389 e. The van der Waals surface area contributed by atoms with Crippen LogP contribution in [0.15, 0.2) is 0 Å². The van der Waals surface area contributed by atoms with Gasteiger partial charge in [-0.05, 0) is 25.8 Å². The second kappa shape index (κ2) is 6.32. The molecular weight excluding hydrogens is 231 g/mol. The van der Waals surface area contributed by atoms with Crippen LogP contribution in [0.25, 0.3) is 0 Å². The van der Waals surface area contributed by atoms with Crippen LogP contribution in [0.1, 0.15) is 25.7 Å². The lowest BCUT2D eigenvalue weighted by atomic mass is 10.2. The molecule has 3 nitrogen and oxygen atoms in total. The van der Waals surface area contributed by atoms with Crippen molar-refractivity contribution < 1.29 is 21.6 Å². The van der Waals surface area contributed by atoms with Crippen LogP contribution < -0.4 is 5.73 Å². The van der Waals surface area contributed by atoms with Gasteiger partial charge in [-0.1, -0.05) is 0 Å². The van der Waals surface area contributed by atoms with E-state index in [2.05, 4.69) is 0 Å². The van der Waals surface area contributed by atoms with E-state index >= 15 is 0 Å². The molecule has 0 spiro atoms. The Labute approximate surface area is 87.8 Å². The summed E-state index contributed by atoms with van der Waals surface area (Å²) in [4.78, 5) is 0. The fourth-order valence-corrected chi connectivity index (χ4v) is 2.51. The molecule has 0 aliphatic heterocycles. The Kier molecular flexibility index (Phi) is 6.19. The van der Waals surface area contributed by atoms with Crippen molar-refractivity contribution in [2.75, 3.05) is 18.1 Å². The molecule has 7 heteroatoms. The van der Waals surface area contributed by atoms with Crippen molar-refractivity contribution in [3.8, 4) is 0 Å². The van der Waals surface area contributed by atoms with E-state index in [1.54, 1.807) is 0 Å². The predicted molar refractivity (Wildman–Crippen MR) is 52.2 cm³/mol. The first kappa shape index (κ1) is 14.7. The van der Waals surface area contributed by atoms with Gasteiger partial charge in [-0.15, -0.1) is 0 Å². The van der Waals surface area contributed by atoms with E-state index in [0.29, 0.717) is 6.42 Å². The summed E-state index contributed by atoms with van der Waals surface area (Å²) in [7, 11) is -3.21. The molecule has 0 atom stereocenters.